The van der Waals surface area contributed by atoms with Crippen molar-refractivity contribution in [2.45, 2.75) is 0 Å². The van der Waals surface area contributed by atoms with Gasteiger partial charge in [-0.3, -0.25) is 19.3 Å². The molecule has 2 N–H and O–H groups in total. The Balaban J connectivity index is 1.68. The number of ether oxygens (including phenoxy) is 1. The van der Waals surface area contributed by atoms with Crippen molar-refractivity contribution >= 4 is 63.2 Å². The first-order valence-electron chi connectivity index (χ1n) is 8.05. The number of nitrogens with one attached hydrogen (secondary N) is 1. The van der Waals surface area contributed by atoms with Crippen LogP contribution < -0.4 is 10.1 Å². The van der Waals surface area contributed by atoms with Crippen molar-refractivity contribution in [3.05, 3.63) is 56.5 Å². The fraction of sp³-hybridized carbons (Fsp3) is 0.105. The molecule has 144 valence electrons. The summed E-state index contributed by atoms with van der Waals surface area (Å²) in [6.07, 6.45) is 1.56. The van der Waals surface area contributed by atoms with Crippen molar-refractivity contribution < 1.29 is 24.2 Å². The number of carbonyl (C=O) groups excluding carboxylic acids is 3. The van der Waals surface area contributed by atoms with E-state index in [2.05, 4.69) is 5.32 Å². The molecule has 9 heteroatoms. The van der Waals surface area contributed by atoms with Crippen molar-refractivity contribution in [3.63, 3.8) is 0 Å². The molecule has 0 aromatic heterocycles. The van der Waals surface area contributed by atoms with Crippen LogP contribution in [0.25, 0.3) is 6.08 Å². The van der Waals surface area contributed by atoms with Crippen LogP contribution in [0.3, 0.4) is 0 Å². The summed E-state index contributed by atoms with van der Waals surface area (Å²) in [6, 6.07) is 11.6. The number of nitrogens with zero attached hydrogens (tertiary/aromatic N) is 1. The maximum Gasteiger partial charge on any atom is 0.294 e. The third-order valence-electron chi connectivity index (χ3n) is 3.82. The highest BCUT2D eigenvalue weighted by molar-refractivity contribution is 14.1. The second-order valence-electron chi connectivity index (χ2n) is 5.76. The summed E-state index contributed by atoms with van der Waals surface area (Å²) < 4.78 is 5.68. The van der Waals surface area contributed by atoms with Crippen molar-refractivity contribution in [1.29, 1.82) is 0 Å². The Bertz CT molecular complexity index is 975. The lowest BCUT2D eigenvalue weighted by atomic mass is 10.2. The fourth-order valence-electron chi connectivity index (χ4n) is 2.42. The van der Waals surface area contributed by atoms with Gasteiger partial charge >= 0.3 is 0 Å². The number of methoxy groups -OCH3 is 1. The maximum atomic E-state index is 12.5. The van der Waals surface area contributed by atoms with Gasteiger partial charge in [0, 0.05) is 5.69 Å². The lowest BCUT2D eigenvalue weighted by molar-refractivity contribution is -0.127. The predicted molar refractivity (Wildman–Crippen MR) is 115 cm³/mol. The molecular weight excluding hydrogens is 495 g/mol. The number of hydrogen-bond acceptors (Lipinski definition) is 6. The van der Waals surface area contributed by atoms with E-state index in [-0.39, 0.29) is 17.2 Å². The second kappa shape index (κ2) is 8.65. The first-order chi connectivity index (χ1) is 13.4. The van der Waals surface area contributed by atoms with Gasteiger partial charge in [0.1, 0.15) is 18.0 Å². The summed E-state index contributed by atoms with van der Waals surface area (Å²) >= 11 is 2.75. The smallest absolute Gasteiger partial charge is 0.294 e. The van der Waals surface area contributed by atoms with Crippen LogP contribution in [0.5, 0.6) is 11.5 Å². The Morgan fingerprint density at radius 2 is 1.96 bits per heavy atom. The van der Waals surface area contributed by atoms with Crippen LogP contribution in [0.1, 0.15) is 5.56 Å². The number of anilines is 1. The number of amides is 3. The highest BCUT2D eigenvalue weighted by Crippen LogP contribution is 2.33. The van der Waals surface area contributed by atoms with Crippen LogP contribution in [0.4, 0.5) is 10.5 Å². The molecule has 0 spiro atoms. The normalized spacial score (nSPS) is 15.2. The number of rotatable bonds is 5. The molecule has 0 saturated carbocycles. The molecule has 2 aromatic rings. The Hall–Kier alpha value is -2.53. The van der Waals surface area contributed by atoms with Crippen LogP contribution in [-0.4, -0.2) is 40.7 Å². The largest absolute Gasteiger partial charge is 0.507 e. The number of phenols is 1. The molecule has 0 radical (unpaired) electrons. The fourth-order valence-corrected chi connectivity index (χ4v) is 3.80. The Morgan fingerprint density at radius 1 is 1.25 bits per heavy atom. The van der Waals surface area contributed by atoms with Crippen molar-refractivity contribution in [2.24, 2.45) is 0 Å². The zero-order valence-electron chi connectivity index (χ0n) is 14.6. The molecule has 7 nitrogen and oxygen atoms in total. The molecule has 1 saturated heterocycles. The first-order valence-corrected chi connectivity index (χ1v) is 9.94. The molecule has 0 atom stereocenters. The van der Waals surface area contributed by atoms with Gasteiger partial charge in [0.25, 0.3) is 11.1 Å². The molecule has 1 aliphatic heterocycles. The molecule has 1 fully saturated rings. The minimum absolute atomic E-state index is 0.140. The molecule has 0 aliphatic carbocycles. The number of imide groups is 1. The van der Waals surface area contributed by atoms with E-state index in [9.17, 15) is 19.5 Å². The van der Waals surface area contributed by atoms with Crippen LogP contribution in [0, 0.1) is 3.57 Å². The molecule has 1 aliphatic rings. The van der Waals surface area contributed by atoms with Gasteiger partial charge in [0.15, 0.2) is 0 Å². The monoisotopic (exact) mass is 510 g/mol. The van der Waals surface area contributed by atoms with E-state index in [0.29, 0.717) is 20.6 Å². The van der Waals surface area contributed by atoms with Crippen LogP contribution >= 0.6 is 34.4 Å². The average Bonchev–Trinajstić information content (AvgIpc) is 2.92. The summed E-state index contributed by atoms with van der Waals surface area (Å²) in [6.45, 7) is -0.374. The standard InChI is InChI=1S/C19H15IN2O5S/c1-27-13-5-3-12(4-6-13)21-17(24)10-22-18(25)16(28-19(22)26)9-11-2-7-15(23)14(20)8-11/h2-9,23H,10H2,1H3,(H,21,24)/b16-9-. The maximum absolute atomic E-state index is 12.5. The topological polar surface area (TPSA) is 95.9 Å². The number of phenolic OH excluding ortho intramolecular Hbond substituents is 1. The lowest BCUT2D eigenvalue weighted by Gasteiger charge is -2.12. The average molecular weight is 510 g/mol. The molecule has 0 bridgehead atoms. The summed E-state index contributed by atoms with van der Waals surface area (Å²) in [7, 11) is 1.54. The van der Waals surface area contributed by atoms with Gasteiger partial charge in [0.2, 0.25) is 5.91 Å². The highest BCUT2D eigenvalue weighted by Gasteiger charge is 2.36. The van der Waals surface area contributed by atoms with Gasteiger partial charge in [-0.25, -0.2) is 0 Å². The van der Waals surface area contributed by atoms with Crippen LogP contribution in [-0.2, 0) is 9.59 Å². The zero-order valence-corrected chi connectivity index (χ0v) is 17.6. The third kappa shape index (κ3) is 4.65. The molecule has 0 unspecified atom stereocenters. The Morgan fingerprint density at radius 3 is 2.61 bits per heavy atom. The second-order valence-corrected chi connectivity index (χ2v) is 7.91. The zero-order chi connectivity index (χ0) is 20.3. The van der Waals surface area contributed by atoms with Gasteiger partial charge < -0.3 is 15.2 Å². The van der Waals surface area contributed by atoms with Crippen LogP contribution in [0.15, 0.2) is 47.4 Å². The van der Waals surface area contributed by atoms with Crippen molar-refractivity contribution in [3.8, 4) is 11.5 Å². The van der Waals surface area contributed by atoms with E-state index >= 15 is 0 Å². The van der Waals surface area contributed by atoms with Gasteiger partial charge in [-0.15, -0.1) is 0 Å². The third-order valence-corrected chi connectivity index (χ3v) is 5.59. The summed E-state index contributed by atoms with van der Waals surface area (Å²) in [4.78, 5) is 38.0. The van der Waals surface area contributed by atoms with Crippen molar-refractivity contribution in [2.75, 3.05) is 19.0 Å². The number of aromatic hydroxyl groups is 1. The lowest BCUT2D eigenvalue weighted by Crippen LogP contribution is -2.36. The van der Waals surface area contributed by atoms with Gasteiger partial charge in [-0.1, -0.05) is 6.07 Å². The van der Waals surface area contributed by atoms with Gasteiger partial charge in [-0.05, 0) is 82.4 Å². The van der Waals surface area contributed by atoms with E-state index in [1.165, 1.54) is 6.07 Å². The van der Waals surface area contributed by atoms with E-state index in [1.807, 2.05) is 22.6 Å². The highest BCUT2D eigenvalue weighted by atomic mass is 127. The first kappa shape index (κ1) is 20.2. The van der Waals surface area contributed by atoms with E-state index < -0.39 is 17.1 Å². The number of hydrogen-bond donors (Lipinski definition) is 2. The number of halogens is 1. The number of thioether (sulfide) groups is 1. The summed E-state index contributed by atoms with van der Waals surface area (Å²) in [5, 5.41) is 11.7. The van der Waals surface area contributed by atoms with Gasteiger partial charge in [0.05, 0.1) is 15.6 Å². The number of benzene rings is 2. The Kier molecular flexibility index (Phi) is 6.25. The van der Waals surface area contributed by atoms with E-state index in [4.69, 9.17) is 4.74 Å². The predicted octanol–water partition coefficient (Wildman–Crippen LogP) is 3.68. The molecule has 3 rings (SSSR count). The SMILES string of the molecule is COc1ccc(NC(=O)CN2C(=O)S/C(=C\c3ccc(O)c(I)c3)C2=O)cc1. The summed E-state index contributed by atoms with van der Waals surface area (Å²) in [5.41, 5.74) is 1.21. The van der Waals surface area contributed by atoms with Crippen molar-refractivity contribution in [1.82, 2.24) is 4.90 Å². The van der Waals surface area contributed by atoms with Crippen LogP contribution in [0.2, 0.25) is 0 Å². The van der Waals surface area contributed by atoms with E-state index in [0.717, 1.165) is 16.7 Å². The van der Waals surface area contributed by atoms with Gasteiger partial charge in [-0.2, -0.15) is 0 Å². The molecule has 28 heavy (non-hydrogen) atoms. The molecule has 1 heterocycles. The van der Waals surface area contributed by atoms with E-state index in [1.54, 1.807) is 49.6 Å². The molecule has 3 amide bonds. The minimum atomic E-state index is -0.525. The Labute approximate surface area is 178 Å². The molecular formula is C19H15IN2O5S. The summed E-state index contributed by atoms with van der Waals surface area (Å²) in [5.74, 6) is -0.213. The quantitative estimate of drug-likeness (QED) is 0.471. The molecule has 2 aromatic carbocycles. The minimum Gasteiger partial charge on any atom is -0.507 e. The number of carbonyl (C=O) groups is 3.